The van der Waals surface area contributed by atoms with E-state index in [2.05, 4.69) is 5.32 Å². The second-order valence-electron chi connectivity index (χ2n) is 10.9. The van der Waals surface area contributed by atoms with Gasteiger partial charge in [0.15, 0.2) is 9.84 Å². The molecule has 0 heterocycles. The number of benzene rings is 1. The molecule has 36 heavy (non-hydrogen) atoms. The maximum Gasteiger partial charge on any atom is 0.306 e. The van der Waals surface area contributed by atoms with Gasteiger partial charge in [-0.3, -0.25) is 9.59 Å². The fourth-order valence-electron chi connectivity index (χ4n) is 4.28. The number of hydrogen-bond acceptors (Lipinski definition) is 6. The molecule has 2 fully saturated rings. The molecule has 2 aliphatic carbocycles. The lowest BCUT2D eigenvalue weighted by molar-refractivity contribution is -0.154. The van der Waals surface area contributed by atoms with E-state index >= 15 is 0 Å². The monoisotopic (exact) mass is 523 g/mol. The van der Waals surface area contributed by atoms with Gasteiger partial charge in [0.25, 0.3) is 0 Å². The minimum atomic E-state index is -3.46. The molecule has 0 bridgehead atoms. The lowest BCUT2D eigenvalue weighted by atomic mass is 9.87. The molecule has 0 unspecified atom stereocenters. The molecule has 1 N–H and O–H groups in total. The van der Waals surface area contributed by atoms with Crippen LogP contribution in [0.25, 0.3) is 0 Å². The van der Waals surface area contributed by atoms with Crippen LogP contribution in [0.3, 0.4) is 0 Å². The van der Waals surface area contributed by atoms with Crippen LogP contribution in [-0.2, 0) is 24.2 Å². The zero-order valence-electron chi connectivity index (χ0n) is 21.4. The van der Waals surface area contributed by atoms with Crippen LogP contribution in [-0.4, -0.2) is 44.3 Å². The Bertz CT molecular complexity index is 1030. The number of hydrogen-bond donors (Lipinski definition) is 1. The third-order valence-corrected chi connectivity index (χ3v) is 8.33. The Kier molecular flexibility index (Phi) is 9.55. The van der Waals surface area contributed by atoms with Gasteiger partial charge in [-0.05, 0) is 101 Å². The van der Waals surface area contributed by atoms with Gasteiger partial charge in [0.2, 0.25) is 5.91 Å². The lowest BCUT2D eigenvalue weighted by Crippen LogP contribution is -2.39. The molecule has 0 aliphatic heterocycles. The minimum absolute atomic E-state index is 0.0440. The van der Waals surface area contributed by atoms with Crippen LogP contribution in [0.1, 0.15) is 72.1 Å². The van der Waals surface area contributed by atoms with Crippen molar-refractivity contribution in [3.05, 3.63) is 36.2 Å². The highest BCUT2D eigenvalue weighted by molar-refractivity contribution is 7.91. The largest absolute Gasteiger partial charge is 0.489 e. The fraction of sp³-hybridized carbons (Fsp3) is 0.630. The van der Waals surface area contributed by atoms with E-state index in [-0.39, 0.29) is 53.9 Å². The summed E-state index contributed by atoms with van der Waals surface area (Å²) in [5.41, 5.74) is -0.288. The molecule has 1 aromatic carbocycles. The SMILES string of the molecule is CC(C)(C)OC(=O)CC/C(=C\F)COc1ccc(S(=O)(=O)CC2CCC(NC(=O)C3CC3)CC2)cc1. The van der Waals surface area contributed by atoms with Gasteiger partial charge in [-0.25, -0.2) is 12.8 Å². The molecule has 0 spiro atoms. The summed E-state index contributed by atoms with van der Waals surface area (Å²) in [6, 6.07) is 6.28. The summed E-state index contributed by atoms with van der Waals surface area (Å²) in [7, 11) is -3.46. The molecule has 2 aliphatic rings. The molecule has 1 amide bonds. The fourth-order valence-corrected chi connectivity index (χ4v) is 5.97. The topological polar surface area (TPSA) is 98.8 Å². The van der Waals surface area contributed by atoms with Crippen molar-refractivity contribution < 1.29 is 31.9 Å². The van der Waals surface area contributed by atoms with Crippen LogP contribution in [0.15, 0.2) is 41.1 Å². The van der Waals surface area contributed by atoms with Crippen LogP contribution in [0, 0.1) is 11.8 Å². The first-order chi connectivity index (χ1) is 16.9. The number of rotatable bonds is 11. The Morgan fingerprint density at radius 2 is 1.67 bits per heavy atom. The van der Waals surface area contributed by atoms with Gasteiger partial charge in [-0.1, -0.05) is 0 Å². The van der Waals surface area contributed by atoms with Crippen molar-refractivity contribution in [1.82, 2.24) is 5.32 Å². The van der Waals surface area contributed by atoms with Gasteiger partial charge in [0.05, 0.1) is 17.0 Å². The summed E-state index contributed by atoms with van der Waals surface area (Å²) in [5, 5.41) is 3.10. The molecule has 0 atom stereocenters. The van der Waals surface area contributed by atoms with Crippen molar-refractivity contribution in [3.8, 4) is 5.75 Å². The van der Waals surface area contributed by atoms with Crippen LogP contribution in [0.5, 0.6) is 5.75 Å². The van der Waals surface area contributed by atoms with Crippen molar-refractivity contribution in [1.29, 1.82) is 0 Å². The smallest absolute Gasteiger partial charge is 0.306 e. The van der Waals surface area contributed by atoms with Gasteiger partial charge in [-0.2, -0.15) is 0 Å². The second kappa shape index (κ2) is 12.2. The number of amides is 1. The molecule has 1 aromatic rings. The number of esters is 1. The highest BCUT2D eigenvalue weighted by Gasteiger charge is 2.33. The summed E-state index contributed by atoms with van der Waals surface area (Å²) < 4.78 is 49.9. The zero-order chi connectivity index (χ0) is 26.3. The normalized spacial score (nSPS) is 21.1. The van der Waals surface area contributed by atoms with Crippen LogP contribution in [0.4, 0.5) is 4.39 Å². The summed E-state index contributed by atoms with van der Waals surface area (Å²) in [5.74, 6) is 0.487. The molecule has 0 radical (unpaired) electrons. The lowest BCUT2D eigenvalue weighted by Gasteiger charge is -2.29. The van der Waals surface area contributed by atoms with E-state index in [0.29, 0.717) is 17.7 Å². The van der Waals surface area contributed by atoms with Crippen molar-refractivity contribution in [3.63, 3.8) is 0 Å². The molecule has 200 valence electrons. The third kappa shape index (κ3) is 9.22. The molecule has 0 aromatic heterocycles. The molecule has 9 heteroatoms. The van der Waals surface area contributed by atoms with Gasteiger partial charge in [0.1, 0.15) is 18.0 Å². The molecule has 0 saturated heterocycles. The average molecular weight is 524 g/mol. The van der Waals surface area contributed by atoms with E-state index < -0.39 is 21.4 Å². The third-order valence-electron chi connectivity index (χ3n) is 6.43. The Labute approximate surface area is 213 Å². The van der Waals surface area contributed by atoms with Gasteiger partial charge in [-0.15, -0.1) is 0 Å². The molecular weight excluding hydrogens is 485 g/mol. The zero-order valence-corrected chi connectivity index (χ0v) is 22.2. The van der Waals surface area contributed by atoms with E-state index in [0.717, 1.165) is 38.5 Å². The van der Waals surface area contributed by atoms with Crippen molar-refractivity contribution in [2.45, 2.75) is 88.7 Å². The van der Waals surface area contributed by atoms with E-state index in [1.54, 1.807) is 32.9 Å². The van der Waals surface area contributed by atoms with Gasteiger partial charge >= 0.3 is 5.97 Å². The number of halogens is 1. The second-order valence-corrected chi connectivity index (χ2v) is 12.9. The van der Waals surface area contributed by atoms with Gasteiger partial charge < -0.3 is 14.8 Å². The van der Waals surface area contributed by atoms with E-state index in [1.807, 2.05) is 0 Å². The number of carbonyl (C=O) groups excluding carboxylic acids is 2. The summed E-state index contributed by atoms with van der Waals surface area (Å²) in [6.45, 7) is 5.26. The van der Waals surface area contributed by atoms with Crippen molar-refractivity contribution in [2.24, 2.45) is 11.8 Å². The maximum absolute atomic E-state index is 13.2. The first-order valence-corrected chi connectivity index (χ1v) is 14.4. The summed E-state index contributed by atoms with van der Waals surface area (Å²) in [6.07, 6.45) is 5.76. The quantitative estimate of drug-likeness (QED) is 0.414. The molecular formula is C27H38FNO6S. The molecule has 7 nitrogen and oxygen atoms in total. The summed E-state index contributed by atoms with van der Waals surface area (Å²) >= 11 is 0. The van der Waals surface area contributed by atoms with Crippen LogP contribution < -0.4 is 10.1 Å². The minimum Gasteiger partial charge on any atom is -0.489 e. The highest BCUT2D eigenvalue weighted by Crippen LogP contribution is 2.31. The first kappa shape index (κ1) is 28.2. The van der Waals surface area contributed by atoms with Crippen molar-refractivity contribution in [2.75, 3.05) is 12.4 Å². The molecule has 2 saturated carbocycles. The predicted molar refractivity (Wildman–Crippen MR) is 135 cm³/mol. The summed E-state index contributed by atoms with van der Waals surface area (Å²) in [4.78, 5) is 24.0. The number of nitrogens with one attached hydrogen (secondary N) is 1. The number of sulfone groups is 1. The number of carbonyl (C=O) groups is 2. The van der Waals surface area contributed by atoms with E-state index in [9.17, 15) is 22.4 Å². The Morgan fingerprint density at radius 3 is 2.22 bits per heavy atom. The maximum atomic E-state index is 13.2. The Morgan fingerprint density at radius 1 is 1.03 bits per heavy atom. The Balaban J connectivity index is 1.43. The standard InChI is InChI=1S/C27H38FNO6S/c1-27(2,3)35-25(30)15-6-20(16-28)17-34-23-11-13-24(14-12-23)36(32,33)18-19-4-9-22(10-5-19)29-26(31)21-7-8-21/h11-14,16,19,21-22H,4-10,15,17-18H2,1-3H3,(H,29,31)/b20-16+. The average Bonchev–Trinajstić information content (AvgIpc) is 3.65. The van der Waals surface area contributed by atoms with Crippen LogP contribution >= 0.6 is 0 Å². The van der Waals surface area contributed by atoms with Gasteiger partial charge in [0, 0.05) is 18.4 Å². The molecule has 3 rings (SSSR count). The first-order valence-electron chi connectivity index (χ1n) is 12.7. The highest BCUT2D eigenvalue weighted by atomic mass is 32.2. The predicted octanol–water partition coefficient (Wildman–Crippen LogP) is 4.90. The van der Waals surface area contributed by atoms with Crippen molar-refractivity contribution >= 4 is 21.7 Å². The van der Waals surface area contributed by atoms with E-state index in [1.165, 1.54) is 12.1 Å². The number of ether oxygens (including phenoxy) is 2. The Hall–Kier alpha value is -2.42. The van der Waals surface area contributed by atoms with Crippen LogP contribution in [0.2, 0.25) is 0 Å². The van der Waals surface area contributed by atoms with E-state index in [4.69, 9.17) is 9.47 Å².